The Kier molecular flexibility index (Phi) is 5.72. The molecule has 0 N–H and O–H groups in total. The normalized spacial score (nSPS) is 25.5. The van der Waals surface area contributed by atoms with Gasteiger partial charge in [0.15, 0.2) is 0 Å². The predicted molar refractivity (Wildman–Crippen MR) is 92.0 cm³/mol. The summed E-state index contributed by atoms with van der Waals surface area (Å²) in [5.41, 5.74) is 1.06. The van der Waals surface area contributed by atoms with E-state index in [9.17, 15) is 4.79 Å². The fourth-order valence-corrected chi connectivity index (χ4v) is 3.73. The van der Waals surface area contributed by atoms with Crippen molar-refractivity contribution in [3.05, 3.63) is 24.0 Å². The SMILES string of the molecule is CCC1OCCCC1C(=O)N1CCC(Oc2ccncc2C)CC1. The standard InChI is InChI=1S/C19H28N2O3/c1-3-17-16(5-4-12-23-17)19(22)21-10-7-15(8-11-21)24-18-6-9-20-13-14(18)2/h6,9,13,15-17H,3-5,7-8,10-12H2,1-2H3. The summed E-state index contributed by atoms with van der Waals surface area (Å²) >= 11 is 0. The van der Waals surface area contributed by atoms with Crippen molar-refractivity contribution in [3.63, 3.8) is 0 Å². The lowest BCUT2D eigenvalue weighted by atomic mass is 9.90. The number of nitrogens with zero attached hydrogens (tertiary/aromatic N) is 2. The molecular formula is C19H28N2O3. The molecule has 1 aromatic rings. The molecule has 0 bridgehead atoms. The summed E-state index contributed by atoms with van der Waals surface area (Å²) in [6.07, 6.45) is 8.50. The van der Waals surface area contributed by atoms with Gasteiger partial charge in [0, 0.05) is 50.5 Å². The Morgan fingerprint density at radius 1 is 1.38 bits per heavy atom. The van der Waals surface area contributed by atoms with Crippen molar-refractivity contribution in [1.82, 2.24) is 9.88 Å². The number of carbonyl (C=O) groups excluding carboxylic acids is 1. The molecule has 1 aromatic heterocycles. The predicted octanol–water partition coefficient (Wildman–Crippen LogP) is 2.97. The number of amides is 1. The van der Waals surface area contributed by atoms with Crippen molar-refractivity contribution < 1.29 is 14.3 Å². The average molecular weight is 332 g/mol. The zero-order valence-corrected chi connectivity index (χ0v) is 14.7. The molecule has 5 heteroatoms. The smallest absolute Gasteiger partial charge is 0.228 e. The number of hydrogen-bond donors (Lipinski definition) is 0. The Morgan fingerprint density at radius 3 is 2.88 bits per heavy atom. The Morgan fingerprint density at radius 2 is 2.17 bits per heavy atom. The quantitative estimate of drug-likeness (QED) is 0.850. The van der Waals surface area contributed by atoms with Gasteiger partial charge in [-0.3, -0.25) is 9.78 Å². The number of ether oxygens (including phenoxy) is 2. The number of rotatable bonds is 4. The molecule has 132 valence electrons. The molecule has 2 saturated heterocycles. The summed E-state index contributed by atoms with van der Waals surface area (Å²) in [5, 5.41) is 0. The Bertz CT molecular complexity index is 555. The number of pyridine rings is 1. The topological polar surface area (TPSA) is 51.7 Å². The van der Waals surface area contributed by atoms with Crippen LogP contribution in [0.5, 0.6) is 5.75 Å². The highest BCUT2D eigenvalue weighted by molar-refractivity contribution is 5.79. The van der Waals surface area contributed by atoms with Gasteiger partial charge in [0.2, 0.25) is 5.91 Å². The minimum atomic E-state index is 0.0451. The molecule has 1 amide bonds. The van der Waals surface area contributed by atoms with Gasteiger partial charge in [-0.15, -0.1) is 0 Å². The molecule has 2 fully saturated rings. The van der Waals surface area contributed by atoms with Crippen molar-refractivity contribution in [3.8, 4) is 5.75 Å². The molecule has 0 saturated carbocycles. The van der Waals surface area contributed by atoms with E-state index < -0.39 is 0 Å². The molecule has 0 radical (unpaired) electrons. The van der Waals surface area contributed by atoms with Gasteiger partial charge in [-0.1, -0.05) is 6.92 Å². The van der Waals surface area contributed by atoms with Gasteiger partial charge in [0.05, 0.1) is 12.0 Å². The number of carbonyl (C=O) groups is 1. The van der Waals surface area contributed by atoms with Gasteiger partial charge in [-0.05, 0) is 32.3 Å². The molecule has 5 nitrogen and oxygen atoms in total. The number of aromatic nitrogens is 1. The second-order valence-corrected chi connectivity index (χ2v) is 6.85. The first-order chi connectivity index (χ1) is 11.7. The van der Waals surface area contributed by atoms with E-state index in [0.717, 1.165) is 63.1 Å². The number of hydrogen-bond acceptors (Lipinski definition) is 4. The van der Waals surface area contributed by atoms with Gasteiger partial charge in [0.1, 0.15) is 11.9 Å². The van der Waals surface area contributed by atoms with E-state index in [1.54, 1.807) is 6.20 Å². The van der Waals surface area contributed by atoms with Crippen LogP contribution in [-0.4, -0.2) is 47.7 Å². The van der Waals surface area contributed by atoms with Crippen LogP contribution in [0.1, 0.15) is 44.6 Å². The molecule has 0 spiro atoms. The van der Waals surface area contributed by atoms with Gasteiger partial charge >= 0.3 is 0 Å². The van der Waals surface area contributed by atoms with Gasteiger partial charge in [0.25, 0.3) is 0 Å². The van der Waals surface area contributed by atoms with Crippen LogP contribution >= 0.6 is 0 Å². The lowest BCUT2D eigenvalue weighted by molar-refractivity contribution is -0.147. The first-order valence-corrected chi connectivity index (χ1v) is 9.16. The minimum absolute atomic E-state index is 0.0451. The van der Waals surface area contributed by atoms with E-state index in [4.69, 9.17) is 9.47 Å². The maximum atomic E-state index is 12.8. The summed E-state index contributed by atoms with van der Waals surface area (Å²) in [7, 11) is 0. The highest BCUT2D eigenvalue weighted by atomic mass is 16.5. The third-order valence-corrected chi connectivity index (χ3v) is 5.18. The molecule has 3 rings (SSSR count). The summed E-state index contributed by atoms with van der Waals surface area (Å²) in [6.45, 7) is 6.47. The Hall–Kier alpha value is -1.62. The first kappa shape index (κ1) is 17.2. The van der Waals surface area contributed by atoms with Crippen LogP contribution in [0.15, 0.2) is 18.5 Å². The monoisotopic (exact) mass is 332 g/mol. The van der Waals surface area contributed by atoms with E-state index in [1.807, 2.05) is 24.1 Å². The third kappa shape index (κ3) is 3.89. The van der Waals surface area contributed by atoms with Crippen LogP contribution in [-0.2, 0) is 9.53 Å². The van der Waals surface area contributed by atoms with Crippen LogP contribution in [0.3, 0.4) is 0 Å². The minimum Gasteiger partial charge on any atom is -0.490 e. The summed E-state index contributed by atoms with van der Waals surface area (Å²) in [4.78, 5) is 18.9. The first-order valence-electron chi connectivity index (χ1n) is 9.16. The number of likely N-dealkylation sites (tertiary alicyclic amines) is 1. The molecule has 0 aliphatic carbocycles. The van der Waals surface area contributed by atoms with Crippen molar-refractivity contribution in [2.45, 2.75) is 58.2 Å². The molecule has 2 aliphatic rings. The molecule has 2 unspecified atom stereocenters. The van der Waals surface area contributed by atoms with E-state index in [1.165, 1.54) is 0 Å². The van der Waals surface area contributed by atoms with Crippen LogP contribution in [0.25, 0.3) is 0 Å². The second-order valence-electron chi connectivity index (χ2n) is 6.85. The maximum Gasteiger partial charge on any atom is 0.228 e. The average Bonchev–Trinajstić information content (AvgIpc) is 2.63. The zero-order valence-electron chi connectivity index (χ0n) is 14.7. The van der Waals surface area contributed by atoms with Crippen molar-refractivity contribution in [1.29, 1.82) is 0 Å². The number of piperidine rings is 1. The largest absolute Gasteiger partial charge is 0.490 e. The van der Waals surface area contributed by atoms with Crippen LogP contribution < -0.4 is 4.74 Å². The maximum absolute atomic E-state index is 12.8. The lowest BCUT2D eigenvalue weighted by Gasteiger charge is -2.37. The Labute approximate surface area is 144 Å². The molecule has 3 heterocycles. The highest BCUT2D eigenvalue weighted by Gasteiger charge is 2.35. The fraction of sp³-hybridized carbons (Fsp3) is 0.684. The van der Waals surface area contributed by atoms with Crippen LogP contribution in [0, 0.1) is 12.8 Å². The van der Waals surface area contributed by atoms with Crippen molar-refractivity contribution in [2.24, 2.45) is 5.92 Å². The second kappa shape index (κ2) is 7.97. The van der Waals surface area contributed by atoms with E-state index in [0.29, 0.717) is 0 Å². The van der Waals surface area contributed by atoms with Gasteiger partial charge in [-0.2, -0.15) is 0 Å². The number of aryl methyl sites for hydroxylation is 1. The van der Waals surface area contributed by atoms with Gasteiger partial charge < -0.3 is 14.4 Å². The zero-order chi connectivity index (χ0) is 16.9. The van der Waals surface area contributed by atoms with Crippen LogP contribution in [0.2, 0.25) is 0 Å². The van der Waals surface area contributed by atoms with Gasteiger partial charge in [-0.25, -0.2) is 0 Å². The summed E-state index contributed by atoms with van der Waals surface area (Å²) < 4.78 is 11.9. The van der Waals surface area contributed by atoms with E-state index in [2.05, 4.69) is 11.9 Å². The van der Waals surface area contributed by atoms with E-state index in [-0.39, 0.29) is 24.0 Å². The molecule has 24 heavy (non-hydrogen) atoms. The van der Waals surface area contributed by atoms with Crippen LogP contribution in [0.4, 0.5) is 0 Å². The molecular weight excluding hydrogens is 304 g/mol. The van der Waals surface area contributed by atoms with Crippen molar-refractivity contribution >= 4 is 5.91 Å². The molecule has 0 aromatic carbocycles. The summed E-state index contributed by atoms with van der Waals surface area (Å²) in [5.74, 6) is 1.23. The summed E-state index contributed by atoms with van der Waals surface area (Å²) in [6, 6.07) is 1.91. The molecule has 2 aliphatic heterocycles. The lowest BCUT2D eigenvalue weighted by Crippen LogP contribution is -2.48. The third-order valence-electron chi connectivity index (χ3n) is 5.18. The highest BCUT2D eigenvalue weighted by Crippen LogP contribution is 2.27. The molecule has 2 atom stereocenters. The van der Waals surface area contributed by atoms with Crippen molar-refractivity contribution in [2.75, 3.05) is 19.7 Å². The Balaban J connectivity index is 1.53. The fourth-order valence-electron chi connectivity index (χ4n) is 3.73. The van der Waals surface area contributed by atoms with E-state index >= 15 is 0 Å².